The number of aryl methyl sites for hydroxylation is 1. The van der Waals surface area contributed by atoms with Gasteiger partial charge in [-0.25, -0.2) is 8.42 Å². The van der Waals surface area contributed by atoms with Crippen molar-refractivity contribution < 1.29 is 13.3 Å². The molecule has 2 aromatic carbocycles. The number of para-hydroxylation sites is 2. The Kier molecular flexibility index (Phi) is 7.85. The first-order valence-corrected chi connectivity index (χ1v) is 15.3. The number of hydrogen-bond donors (Lipinski definition) is 0. The summed E-state index contributed by atoms with van der Waals surface area (Å²) in [5.41, 5.74) is 4.76. The fourth-order valence-electron chi connectivity index (χ4n) is 5.32. The minimum Gasteiger partial charge on any atom is -0.363 e. The van der Waals surface area contributed by atoms with E-state index < -0.39 is 10.0 Å². The molecular formula is C26H31BrN6O4S. The van der Waals surface area contributed by atoms with Gasteiger partial charge in [0.2, 0.25) is 10.0 Å². The number of fused-ring (bicyclic) bond motifs is 1. The van der Waals surface area contributed by atoms with Gasteiger partial charge in [-0.2, -0.15) is 9.40 Å². The Labute approximate surface area is 231 Å². The molecule has 3 aromatic rings. The summed E-state index contributed by atoms with van der Waals surface area (Å²) in [5.74, 6) is 0. The maximum atomic E-state index is 12.3. The number of nitro benzene ring substituents is 1. The summed E-state index contributed by atoms with van der Waals surface area (Å²) in [7, 11) is -3.29. The first-order valence-electron chi connectivity index (χ1n) is 12.7. The lowest BCUT2D eigenvalue weighted by molar-refractivity contribution is -0.384. The van der Waals surface area contributed by atoms with Gasteiger partial charge in [-0.3, -0.25) is 19.7 Å². The molecule has 0 saturated carbocycles. The van der Waals surface area contributed by atoms with Crippen LogP contribution in [0.4, 0.5) is 11.4 Å². The summed E-state index contributed by atoms with van der Waals surface area (Å²) in [6.45, 7) is 5.64. The molecule has 0 unspecified atom stereocenters. The van der Waals surface area contributed by atoms with Gasteiger partial charge in [0.05, 0.1) is 16.9 Å². The molecule has 202 valence electrons. The normalized spacial score (nSPS) is 16.9. The van der Waals surface area contributed by atoms with Gasteiger partial charge in [0.25, 0.3) is 5.69 Å². The Bertz CT molecular complexity index is 1420. The molecule has 0 atom stereocenters. The molecule has 0 aliphatic carbocycles. The van der Waals surface area contributed by atoms with Crippen LogP contribution in [0, 0.1) is 10.1 Å². The molecular weight excluding hydrogens is 572 g/mol. The van der Waals surface area contributed by atoms with Crippen LogP contribution in [0.3, 0.4) is 0 Å². The first kappa shape index (κ1) is 26.8. The number of hydrogen-bond acceptors (Lipinski definition) is 7. The molecule has 0 spiro atoms. The van der Waals surface area contributed by atoms with Crippen molar-refractivity contribution in [3.05, 3.63) is 74.4 Å². The molecule has 2 aliphatic rings. The summed E-state index contributed by atoms with van der Waals surface area (Å²) < 4.78 is 29.1. The molecule has 12 heteroatoms. The standard InChI is InChI=1S/C26H31BrN6O4S/c1-38(36,37)31-14-11-23-22(19-31)26(20-7-9-21(27)10-8-20)28-32(23)13-4-12-29-15-17-30(18-16-29)24-5-2-3-6-25(24)33(34)35/h2-3,5-10H,4,11-19H2,1H3. The van der Waals surface area contributed by atoms with Gasteiger partial charge in [0.15, 0.2) is 0 Å². The van der Waals surface area contributed by atoms with Crippen LogP contribution in [0.15, 0.2) is 53.0 Å². The van der Waals surface area contributed by atoms with Crippen LogP contribution in [0.25, 0.3) is 11.3 Å². The lowest BCUT2D eigenvalue weighted by Crippen LogP contribution is -2.47. The predicted octanol–water partition coefficient (Wildman–Crippen LogP) is 3.75. The van der Waals surface area contributed by atoms with Gasteiger partial charge in [-0.05, 0) is 24.6 Å². The minimum absolute atomic E-state index is 0.153. The summed E-state index contributed by atoms with van der Waals surface area (Å²) in [4.78, 5) is 15.6. The highest BCUT2D eigenvalue weighted by Gasteiger charge is 2.30. The third-order valence-electron chi connectivity index (χ3n) is 7.32. The average Bonchev–Trinajstić information content (AvgIpc) is 3.27. The second kappa shape index (κ2) is 11.1. The van der Waals surface area contributed by atoms with Crippen molar-refractivity contribution in [1.29, 1.82) is 0 Å². The molecule has 2 aliphatic heterocycles. The second-order valence-corrected chi connectivity index (χ2v) is 12.7. The third kappa shape index (κ3) is 5.78. The van der Waals surface area contributed by atoms with E-state index in [1.165, 1.54) is 10.6 Å². The smallest absolute Gasteiger partial charge is 0.292 e. The van der Waals surface area contributed by atoms with Gasteiger partial charge in [0.1, 0.15) is 5.69 Å². The monoisotopic (exact) mass is 602 g/mol. The molecule has 1 aromatic heterocycles. The molecule has 0 radical (unpaired) electrons. The molecule has 0 N–H and O–H groups in total. The predicted molar refractivity (Wildman–Crippen MR) is 151 cm³/mol. The van der Waals surface area contributed by atoms with Gasteiger partial charge < -0.3 is 4.90 Å². The molecule has 5 rings (SSSR count). The Balaban J connectivity index is 1.25. The Hall–Kier alpha value is -2.80. The molecule has 1 fully saturated rings. The zero-order valence-electron chi connectivity index (χ0n) is 21.3. The van der Waals surface area contributed by atoms with Gasteiger partial charge >= 0.3 is 0 Å². The van der Waals surface area contributed by atoms with E-state index in [-0.39, 0.29) is 10.6 Å². The van der Waals surface area contributed by atoms with E-state index in [1.807, 2.05) is 36.4 Å². The SMILES string of the molecule is CS(=O)(=O)N1CCc2c(c(-c3ccc(Br)cc3)nn2CCCN2CCN(c3ccccc3[N+](=O)[O-])CC2)C1. The van der Waals surface area contributed by atoms with Crippen LogP contribution in [-0.2, 0) is 29.5 Å². The topological polar surface area (TPSA) is 105 Å². The third-order valence-corrected chi connectivity index (χ3v) is 9.10. The van der Waals surface area contributed by atoms with Gasteiger partial charge in [-0.1, -0.05) is 40.2 Å². The van der Waals surface area contributed by atoms with Crippen molar-refractivity contribution in [1.82, 2.24) is 19.0 Å². The minimum atomic E-state index is -3.29. The van der Waals surface area contributed by atoms with Crippen molar-refractivity contribution in [2.75, 3.05) is 50.4 Å². The number of aromatic nitrogens is 2. The molecule has 1 saturated heterocycles. The number of sulfonamides is 1. The van der Waals surface area contributed by atoms with E-state index in [2.05, 4.69) is 30.4 Å². The van der Waals surface area contributed by atoms with E-state index >= 15 is 0 Å². The second-order valence-electron chi connectivity index (χ2n) is 9.78. The van der Waals surface area contributed by atoms with Crippen molar-refractivity contribution in [2.24, 2.45) is 0 Å². The number of anilines is 1. The van der Waals surface area contributed by atoms with E-state index in [0.29, 0.717) is 25.2 Å². The highest BCUT2D eigenvalue weighted by atomic mass is 79.9. The van der Waals surface area contributed by atoms with E-state index in [1.54, 1.807) is 12.1 Å². The van der Waals surface area contributed by atoms with E-state index in [0.717, 1.165) is 72.7 Å². The highest BCUT2D eigenvalue weighted by Crippen LogP contribution is 2.32. The number of nitrogens with zero attached hydrogens (tertiary/aromatic N) is 6. The quantitative estimate of drug-likeness (QED) is 0.285. The number of rotatable bonds is 8. The van der Waals surface area contributed by atoms with Gasteiger partial charge in [-0.15, -0.1) is 0 Å². The van der Waals surface area contributed by atoms with E-state index in [9.17, 15) is 18.5 Å². The molecule has 0 bridgehead atoms. The van der Waals surface area contributed by atoms with Crippen LogP contribution in [0.2, 0.25) is 0 Å². The lowest BCUT2D eigenvalue weighted by atomic mass is 10.0. The fraction of sp³-hybridized carbons (Fsp3) is 0.423. The maximum Gasteiger partial charge on any atom is 0.292 e. The summed E-state index contributed by atoms with van der Waals surface area (Å²) >= 11 is 3.48. The lowest BCUT2D eigenvalue weighted by Gasteiger charge is -2.35. The van der Waals surface area contributed by atoms with E-state index in [4.69, 9.17) is 5.10 Å². The average molecular weight is 604 g/mol. The Morgan fingerprint density at radius 2 is 1.71 bits per heavy atom. The first-order chi connectivity index (χ1) is 18.2. The number of piperazine rings is 1. The number of benzene rings is 2. The number of halogens is 1. The summed E-state index contributed by atoms with van der Waals surface area (Å²) in [6, 6.07) is 14.9. The molecule has 0 amide bonds. The summed E-state index contributed by atoms with van der Waals surface area (Å²) in [6.07, 6.45) is 2.81. The van der Waals surface area contributed by atoms with Crippen LogP contribution >= 0.6 is 15.9 Å². The Morgan fingerprint density at radius 3 is 2.39 bits per heavy atom. The zero-order valence-corrected chi connectivity index (χ0v) is 23.7. The fourth-order valence-corrected chi connectivity index (χ4v) is 6.37. The van der Waals surface area contributed by atoms with Crippen LogP contribution in [0.1, 0.15) is 17.7 Å². The van der Waals surface area contributed by atoms with Crippen LogP contribution in [0.5, 0.6) is 0 Å². The molecule has 38 heavy (non-hydrogen) atoms. The zero-order chi connectivity index (χ0) is 26.9. The maximum absolute atomic E-state index is 12.3. The van der Waals surface area contributed by atoms with Crippen LogP contribution in [-0.4, -0.2) is 77.9 Å². The van der Waals surface area contributed by atoms with Crippen LogP contribution < -0.4 is 4.90 Å². The van der Waals surface area contributed by atoms with Crippen molar-refractivity contribution in [2.45, 2.75) is 25.9 Å². The van der Waals surface area contributed by atoms with Crippen molar-refractivity contribution in [3.63, 3.8) is 0 Å². The summed E-state index contributed by atoms with van der Waals surface area (Å²) in [5, 5.41) is 16.4. The molecule has 10 nitrogen and oxygen atoms in total. The highest BCUT2D eigenvalue weighted by molar-refractivity contribution is 9.10. The largest absolute Gasteiger partial charge is 0.363 e. The van der Waals surface area contributed by atoms with Gasteiger partial charge in [0, 0.05) is 86.1 Å². The molecule has 3 heterocycles. The number of nitro groups is 1. The van der Waals surface area contributed by atoms with Crippen molar-refractivity contribution >= 4 is 37.3 Å². The Morgan fingerprint density at radius 1 is 1.00 bits per heavy atom. The van der Waals surface area contributed by atoms with Crippen molar-refractivity contribution in [3.8, 4) is 11.3 Å².